The predicted octanol–water partition coefficient (Wildman–Crippen LogP) is 0.856. The van der Waals surface area contributed by atoms with Crippen molar-refractivity contribution in [2.24, 2.45) is 0 Å². The lowest BCUT2D eigenvalue weighted by Gasteiger charge is -2.17. The number of allylic oxidation sites excluding steroid dienone is 2. The number of nitrogens with one attached hydrogen (secondary N) is 1. The number of hydrogen-bond acceptors (Lipinski definition) is 3. The van der Waals surface area contributed by atoms with Gasteiger partial charge in [0.15, 0.2) is 0 Å². The van der Waals surface area contributed by atoms with E-state index in [1.807, 2.05) is 0 Å². The Labute approximate surface area is 65.7 Å². The fourth-order valence-corrected chi connectivity index (χ4v) is 0.909. The van der Waals surface area contributed by atoms with Crippen LogP contribution in [0.5, 0.6) is 0 Å². The predicted molar refractivity (Wildman–Crippen MR) is 42.3 cm³/mol. The summed E-state index contributed by atoms with van der Waals surface area (Å²) in [7, 11) is 0. The quantitative estimate of drug-likeness (QED) is 0.618. The normalized spacial score (nSPS) is 29.3. The first-order valence-electron chi connectivity index (χ1n) is 3.28. The molecule has 2 N–H and O–H groups in total. The Morgan fingerprint density at radius 3 is 2.55 bits per heavy atom. The molecule has 1 aliphatic rings. The molecule has 1 rings (SSSR count). The Balaban J connectivity index is 2.87. The summed E-state index contributed by atoms with van der Waals surface area (Å²) in [5.41, 5.74) is 0.657. The van der Waals surface area contributed by atoms with Crippen molar-refractivity contribution in [2.45, 2.75) is 12.8 Å². The van der Waals surface area contributed by atoms with Gasteiger partial charge in [0, 0.05) is 6.92 Å². The smallest absolute Gasteiger partial charge is 0.287 e. The highest BCUT2D eigenvalue weighted by Gasteiger charge is 2.30. The van der Waals surface area contributed by atoms with E-state index >= 15 is 0 Å². The highest BCUT2D eigenvalue weighted by molar-refractivity contribution is 5.29. The lowest BCUT2D eigenvalue weighted by atomic mass is 10.3. The van der Waals surface area contributed by atoms with E-state index in [0.29, 0.717) is 11.5 Å². The summed E-state index contributed by atoms with van der Waals surface area (Å²) < 4.78 is 5.04. The molecule has 1 unspecified atom stereocenters. The number of hydrogen-bond donors (Lipinski definition) is 2. The maximum absolute atomic E-state index is 9.33. The maximum Gasteiger partial charge on any atom is 0.287 e. The molecule has 3 heteroatoms. The summed E-state index contributed by atoms with van der Waals surface area (Å²) in [6, 6.07) is 0. The summed E-state index contributed by atoms with van der Waals surface area (Å²) in [5, 5.41) is 12.0. The average molecular weight is 153 g/mol. The number of aliphatic hydroxyl groups is 1. The lowest BCUT2D eigenvalue weighted by molar-refractivity contribution is -0.158. The fraction of sp³-hybridized carbons (Fsp3) is 0.250. The summed E-state index contributed by atoms with van der Waals surface area (Å²) in [4.78, 5) is 0. The number of rotatable bonds is 2. The lowest BCUT2D eigenvalue weighted by Crippen LogP contribution is -2.37. The van der Waals surface area contributed by atoms with E-state index in [1.165, 1.54) is 13.0 Å². The Morgan fingerprint density at radius 1 is 1.55 bits per heavy atom. The van der Waals surface area contributed by atoms with Gasteiger partial charge in [-0.2, -0.15) is 0 Å². The summed E-state index contributed by atoms with van der Waals surface area (Å²) in [6.07, 6.45) is 3.09. The molecule has 0 saturated heterocycles. The van der Waals surface area contributed by atoms with Crippen LogP contribution >= 0.6 is 0 Å². The van der Waals surface area contributed by atoms with Crippen LogP contribution in [-0.2, 0) is 4.74 Å². The topological polar surface area (TPSA) is 41.5 Å². The van der Waals surface area contributed by atoms with E-state index in [9.17, 15) is 5.11 Å². The third kappa shape index (κ3) is 1.43. The maximum atomic E-state index is 9.33. The van der Waals surface area contributed by atoms with Gasteiger partial charge in [-0.3, -0.25) is 0 Å². The molecule has 0 spiro atoms. The molecule has 0 aromatic heterocycles. The third-order valence-corrected chi connectivity index (χ3v) is 1.33. The first-order chi connectivity index (χ1) is 5.09. The van der Waals surface area contributed by atoms with Crippen molar-refractivity contribution in [2.75, 3.05) is 0 Å². The highest BCUT2D eigenvalue weighted by atomic mass is 16.7. The molecule has 0 amide bonds. The van der Waals surface area contributed by atoms with Gasteiger partial charge >= 0.3 is 0 Å². The van der Waals surface area contributed by atoms with E-state index in [-0.39, 0.29) is 0 Å². The Bertz CT molecular complexity index is 206. The Kier molecular flexibility index (Phi) is 1.74. The largest absolute Gasteiger partial charge is 0.443 e. The van der Waals surface area contributed by atoms with Crippen LogP contribution in [0.2, 0.25) is 0 Å². The van der Waals surface area contributed by atoms with Crippen molar-refractivity contribution in [1.29, 1.82) is 0 Å². The molecule has 0 bridgehead atoms. The molecule has 1 heterocycles. The molecule has 11 heavy (non-hydrogen) atoms. The zero-order valence-electron chi connectivity index (χ0n) is 6.42. The van der Waals surface area contributed by atoms with Crippen molar-refractivity contribution >= 4 is 0 Å². The summed E-state index contributed by atoms with van der Waals surface area (Å²) >= 11 is 0. The zero-order valence-corrected chi connectivity index (χ0v) is 6.42. The highest BCUT2D eigenvalue weighted by Crippen LogP contribution is 2.22. The summed E-state index contributed by atoms with van der Waals surface area (Å²) in [5.74, 6) is -0.808. The molecule has 0 aliphatic carbocycles. The van der Waals surface area contributed by atoms with Crippen LogP contribution in [0.1, 0.15) is 6.92 Å². The van der Waals surface area contributed by atoms with Crippen molar-refractivity contribution in [3.63, 3.8) is 0 Å². The summed E-state index contributed by atoms with van der Waals surface area (Å²) in [6.45, 7) is 8.58. The molecule has 3 nitrogen and oxygen atoms in total. The minimum Gasteiger partial charge on any atom is -0.443 e. The first kappa shape index (κ1) is 7.88. The Hall–Kier alpha value is -1.22. The SMILES string of the molecule is C=CC1=C(C=C)OC(C)(O)N1. The van der Waals surface area contributed by atoms with E-state index in [2.05, 4.69) is 18.5 Å². The van der Waals surface area contributed by atoms with Crippen LogP contribution < -0.4 is 5.32 Å². The molecule has 60 valence electrons. The molecule has 0 aromatic carbocycles. The van der Waals surface area contributed by atoms with Gasteiger partial charge in [-0.05, 0) is 12.2 Å². The molecule has 0 saturated carbocycles. The van der Waals surface area contributed by atoms with Crippen molar-refractivity contribution in [3.8, 4) is 0 Å². The van der Waals surface area contributed by atoms with Gasteiger partial charge in [0.05, 0.1) is 5.70 Å². The Morgan fingerprint density at radius 2 is 2.18 bits per heavy atom. The molecule has 0 radical (unpaired) electrons. The van der Waals surface area contributed by atoms with Gasteiger partial charge in [0.2, 0.25) is 0 Å². The monoisotopic (exact) mass is 153 g/mol. The first-order valence-corrected chi connectivity index (χ1v) is 3.28. The second-order valence-corrected chi connectivity index (χ2v) is 2.40. The second-order valence-electron chi connectivity index (χ2n) is 2.40. The van der Waals surface area contributed by atoms with Gasteiger partial charge in [0.25, 0.3) is 5.91 Å². The molecule has 1 atom stereocenters. The van der Waals surface area contributed by atoms with Gasteiger partial charge in [-0.15, -0.1) is 0 Å². The van der Waals surface area contributed by atoms with Gasteiger partial charge in [-0.25, -0.2) is 0 Å². The molecule has 0 aromatic rings. The average Bonchev–Trinajstić information content (AvgIpc) is 2.25. The minimum absolute atomic E-state index is 0.519. The van der Waals surface area contributed by atoms with E-state index in [1.54, 1.807) is 6.08 Å². The van der Waals surface area contributed by atoms with Crippen LogP contribution in [0.4, 0.5) is 0 Å². The molecular formula is C8H11NO2. The van der Waals surface area contributed by atoms with Crippen molar-refractivity contribution in [1.82, 2.24) is 5.32 Å². The molecular weight excluding hydrogens is 142 g/mol. The van der Waals surface area contributed by atoms with Crippen LogP contribution in [0.15, 0.2) is 36.8 Å². The number of ether oxygens (including phenoxy) is 1. The van der Waals surface area contributed by atoms with Gasteiger partial charge in [-0.1, -0.05) is 13.2 Å². The zero-order chi connectivity index (χ0) is 8.48. The standard InChI is InChI=1S/C8H11NO2/c1-4-6-7(5-2)11-8(3,10)9-6/h4-5,9-10H,1-2H2,3H3. The van der Waals surface area contributed by atoms with Gasteiger partial charge in [0.1, 0.15) is 5.76 Å². The van der Waals surface area contributed by atoms with E-state index in [0.717, 1.165) is 0 Å². The molecule has 0 fully saturated rings. The second kappa shape index (κ2) is 2.43. The molecule has 1 aliphatic heterocycles. The minimum atomic E-state index is -1.33. The van der Waals surface area contributed by atoms with Crippen LogP contribution in [0.25, 0.3) is 0 Å². The van der Waals surface area contributed by atoms with Crippen molar-refractivity contribution < 1.29 is 9.84 Å². The third-order valence-electron chi connectivity index (χ3n) is 1.33. The van der Waals surface area contributed by atoms with Crippen molar-refractivity contribution in [3.05, 3.63) is 36.8 Å². The van der Waals surface area contributed by atoms with E-state index < -0.39 is 5.91 Å². The van der Waals surface area contributed by atoms with Crippen LogP contribution in [0.3, 0.4) is 0 Å². The van der Waals surface area contributed by atoms with Crippen LogP contribution in [-0.4, -0.2) is 11.0 Å². The van der Waals surface area contributed by atoms with Crippen LogP contribution in [0, 0.1) is 0 Å². The fourth-order valence-electron chi connectivity index (χ4n) is 0.909. The van der Waals surface area contributed by atoms with E-state index in [4.69, 9.17) is 4.74 Å². The van der Waals surface area contributed by atoms with Gasteiger partial charge < -0.3 is 15.2 Å².